The minimum absolute atomic E-state index is 0.0561. The number of rotatable bonds is 8. The van der Waals surface area contributed by atoms with Crippen LogP contribution in [0.1, 0.15) is 24.3 Å². The van der Waals surface area contributed by atoms with Crippen molar-refractivity contribution >= 4 is 11.6 Å². The molecule has 0 spiro atoms. The molecule has 1 saturated carbocycles. The van der Waals surface area contributed by atoms with Crippen molar-refractivity contribution in [2.45, 2.75) is 18.8 Å². The molecule has 1 amide bonds. The van der Waals surface area contributed by atoms with Crippen molar-refractivity contribution in [3.05, 3.63) is 59.7 Å². The van der Waals surface area contributed by atoms with Crippen molar-refractivity contribution < 1.29 is 18.3 Å². The molecule has 2 aromatic carbocycles. The predicted octanol–water partition coefficient (Wildman–Crippen LogP) is 4.04. The van der Waals surface area contributed by atoms with Crippen LogP contribution in [0.3, 0.4) is 0 Å². The lowest BCUT2D eigenvalue weighted by Gasteiger charge is -2.11. The summed E-state index contributed by atoms with van der Waals surface area (Å²) in [5.41, 5.74) is 1.35. The lowest BCUT2D eigenvalue weighted by Crippen LogP contribution is -2.15. The summed E-state index contributed by atoms with van der Waals surface area (Å²) in [6, 6.07) is 11.1. The highest BCUT2D eigenvalue weighted by atomic mass is 19.2. The van der Waals surface area contributed by atoms with Gasteiger partial charge in [0, 0.05) is 18.2 Å². The number of nitrogens with one attached hydrogen (secondary N) is 1. The van der Waals surface area contributed by atoms with Gasteiger partial charge in [0.2, 0.25) is 5.91 Å². The Balaban J connectivity index is 1.48. The Labute approximate surface area is 158 Å². The largest absolute Gasteiger partial charge is 0.494 e. The van der Waals surface area contributed by atoms with Crippen LogP contribution in [0.25, 0.3) is 0 Å². The summed E-state index contributed by atoms with van der Waals surface area (Å²) in [4.78, 5) is 14.5. The smallest absolute Gasteiger partial charge is 0.228 e. The first-order valence-electron chi connectivity index (χ1n) is 9.07. The number of nitrogens with zero attached hydrogens (tertiary/aromatic N) is 1. The third-order valence-corrected chi connectivity index (χ3v) is 4.64. The summed E-state index contributed by atoms with van der Waals surface area (Å²) in [6.07, 6.45) is 1.59. The second kappa shape index (κ2) is 8.48. The SMILES string of the molecule is CN(C)CCCOc1ccc(NC(=O)C2CC2c2ccc(F)c(F)c2)cc1. The summed E-state index contributed by atoms with van der Waals surface area (Å²) in [7, 11) is 4.04. The van der Waals surface area contributed by atoms with Crippen LogP contribution in [0.2, 0.25) is 0 Å². The molecule has 1 fully saturated rings. The fourth-order valence-electron chi connectivity index (χ4n) is 3.04. The highest BCUT2D eigenvalue weighted by molar-refractivity contribution is 5.95. The van der Waals surface area contributed by atoms with Crippen LogP contribution in [-0.2, 0) is 4.79 Å². The highest BCUT2D eigenvalue weighted by Gasteiger charge is 2.44. The van der Waals surface area contributed by atoms with Crippen molar-refractivity contribution in [1.82, 2.24) is 4.90 Å². The van der Waals surface area contributed by atoms with Crippen molar-refractivity contribution in [3.63, 3.8) is 0 Å². The van der Waals surface area contributed by atoms with Crippen LogP contribution in [0.15, 0.2) is 42.5 Å². The Morgan fingerprint density at radius 3 is 2.56 bits per heavy atom. The number of anilines is 1. The standard InChI is InChI=1S/C21H24F2N2O2/c1-25(2)10-3-11-27-16-7-5-15(6-8-16)24-21(26)18-13-17(18)14-4-9-19(22)20(23)12-14/h4-9,12,17-18H,3,10-11,13H2,1-2H3,(H,24,26). The van der Waals surface area contributed by atoms with Gasteiger partial charge in [0.15, 0.2) is 11.6 Å². The third-order valence-electron chi connectivity index (χ3n) is 4.64. The molecular weight excluding hydrogens is 350 g/mol. The number of hydrogen-bond donors (Lipinski definition) is 1. The van der Waals surface area contributed by atoms with E-state index in [0.29, 0.717) is 24.3 Å². The Morgan fingerprint density at radius 2 is 1.89 bits per heavy atom. The van der Waals surface area contributed by atoms with Crippen molar-refractivity contribution in [1.29, 1.82) is 0 Å². The molecule has 1 aliphatic carbocycles. The summed E-state index contributed by atoms with van der Waals surface area (Å²) >= 11 is 0. The quantitative estimate of drug-likeness (QED) is 0.709. The average Bonchev–Trinajstić information content (AvgIpc) is 3.43. The van der Waals surface area contributed by atoms with Crippen molar-refractivity contribution in [2.24, 2.45) is 5.92 Å². The van der Waals surface area contributed by atoms with E-state index in [1.165, 1.54) is 6.07 Å². The first kappa shape index (κ1) is 19.3. The number of halogens is 2. The zero-order valence-electron chi connectivity index (χ0n) is 15.5. The van der Waals surface area contributed by atoms with Gasteiger partial charge in [-0.25, -0.2) is 8.78 Å². The van der Waals surface area contributed by atoms with Gasteiger partial charge in [-0.05, 0) is 74.8 Å². The predicted molar refractivity (Wildman–Crippen MR) is 101 cm³/mol. The van der Waals surface area contributed by atoms with Crippen LogP contribution in [0.5, 0.6) is 5.75 Å². The maximum Gasteiger partial charge on any atom is 0.228 e. The molecular formula is C21H24F2N2O2. The van der Waals surface area contributed by atoms with Crippen molar-refractivity contribution in [2.75, 3.05) is 32.6 Å². The molecule has 3 rings (SSSR count). The molecule has 0 radical (unpaired) electrons. The molecule has 0 heterocycles. The molecule has 2 atom stereocenters. The molecule has 0 aromatic heterocycles. The number of benzene rings is 2. The lowest BCUT2D eigenvalue weighted by atomic mass is 10.1. The maximum atomic E-state index is 13.3. The second-order valence-electron chi connectivity index (χ2n) is 7.14. The number of carbonyl (C=O) groups excluding carboxylic acids is 1. The number of ether oxygens (including phenoxy) is 1. The Hall–Kier alpha value is -2.47. The second-order valence-corrected chi connectivity index (χ2v) is 7.14. The van der Waals surface area contributed by atoms with E-state index in [2.05, 4.69) is 10.2 Å². The van der Waals surface area contributed by atoms with Gasteiger partial charge in [0.1, 0.15) is 5.75 Å². The van der Waals surface area contributed by atoms with Gasteiger partial charge in [0.25, 0.3) is 0 Å². The van der Waals surface area contributed by atoms with E-state index in [0.717, 1.165) is 24.8 Å². The van der Waals surface area contributed by atoms with Gasteiger partial charge in [-0.2, -0.15) is 0 Å². The molecule has 2 aromatic rings. The number of carbonyl (C=O) groups is 1. The normalized spacial score (nSPS) is 18.4. The van der Waals surface area contributed by atoms with Crippen LogP contribution in [0.4, 0.5) is 14.5 Å². The molecule has 0 bridgehead atoms. The van der Waals surface area contributed by atoms with Gasteiger partial charge in [-0.3, -0.25) is 4.79 Å². The zero-order valence-corrected chi connectivity index (χ0v) is 15.5. The topological polar surface area (TPSA) is 41.6 Å². The van der Waals surface area contributed by atoms with Gasteiger partial charge in [0.05, 0.1) is 6.61 Å². The molecule has 4 nitrogen and oxygen atoms in total. The number of hydrogen-bond acceptors (Lipinski definition) is 3. The van der Waals surface area contributed by atoms with E-state index < -0.39 is 11.6 Å². The lowest BCUT2D eigenvalue weighted by molar-refractivity contribution is -0.117. The van der Waals surface area contributed by atoms with E-state index in [-0.39, 0.29) is 17.7 Å². The van der Waals surface area contributed by atoms with E-state index in [1.807, 2.05) is 26.2 Å². The molecule has 1 aliphatic rings. The summed E-state index contributed by atoms with van der Waals surface area (Å²) < 4.78 is 32.0. The monoisotopic (exact) mass is 374 g/mol. The van der Waals surface area contributed by atoms with Crippen molar-refractivity contribution in [3.8, 4) is 5.75 Å². The minimum atomic E-state index is -0.875. The summed E-state index contributed by atoms with van der Waals surface area (Å²) in [5.74, 6) is -1.36. The molecule has 0 aliphatic heterocycles. The van der Waals surface area contributed by atoms with E-state index in [9.17, 15) is 13.6 Å². The maximum absolute atomic E-state index is 13.3. The molecule has 2 unspecified atom stereocenters. The third kappa shape index (κ3) is 5.26. The van der Waals surface area contributed by atoms with Gasteiger partial charge in [-0.15, -0.1) is 0 Å². The molecule has 6 heteroatoms. The van der Waals surface area contributed by atoms with Crippen LogP contribution in [0, 0.1) is 17.6 Å². The van der Waals surface area contributed by atoms with Crippen LogP contribution >= 0.6 is 0 Å². The summed E-state index contributed by atoms with van der Waals surface area (Å²) in [6.45, 7) is 1.61. The Bertz CT molecular complexity index is 793. The van der Waals surface area contributed by atoms with Gasteiger partial charge in [-0.1, -0.05) is 6.07 Å². The Morgan fingerprint density at radius 1 is 1.15 bits per heavy atom. The molecule has 27 heavy (non-hydrogen) atoms. The first-order valence-corrected chi connectivity index (χ1v) is 9.07. The van der Waals surface area contributed by atoms with Gasteiger partial charge < -0.3 is 15.0 Å². The van der Waals surface area contributed by atoms with E-state index in [1.54, 1.807) is 18.2 Å². The molecule has 144 valence electrons. The fraction of sp³-hybridized carbons (Fsp3) is 0.381. The van der Waals surface area contributed by atoms with Gasteiger partial charge >= 0.3 is 0 Å². The fourth-order valence-corrected chi connectivity index (χ4v) is 3.04. The minimum Gasteiger partial charge on any atom is -0.494 e. The van der Waals surface area contributed by atoms with Crippen LogP contribution < -0.4 is 10.1 Å². The number of amides is 1. The van der Waals surface area contributed by atoms with Crippen LogP contribution in [-0.4, -0.2) is 38.1 Å². The highest BCUT2D eigenvalue weighted by Crippen LogP contribution is 2.48. The zero-order chi connectivity index (χ0) is 19.4. The van der Waals surface area contributed by atoms with E-state index >= 15 is 0 Å². The Kier molecular flexibility index (Phi) is 6.06. The van der Waals surface area contributed by atoms with E-state index in [4.69, 9.17) is 4.74 Å². The molecule has 0 saturated heterocycles. The average molecular weight is 374 g/mol. The summed E-state index contributed by atoms with van der Waals surface area (Å²) in [5, 5.41) is 2.87. The first-order chi connectivity index (χ1) is 12.9. The molecule has 1 N–H and O–H groups in total.